The fraction of sp³-hybridized carbons (Fsp3) is 0.200. The highest BCUT2D eigenvalue weighted by atomic mass is 35.5. The van der Waals surface area contributed by atoms with Gasteiger partial charge in [-0.3, -0.25) is 9.69 Å². The molecular weight excluding hydrogens is 398 g/mol. The number of nitrogens with zero attached hydrogens (tertiary/aromatic N) is 2. The van der Waals surface area contributed by atoms with Gasteiger partial charge in [0.05, 0.1) is 23.5 Å². The number of thiophene rings is 2. The van der Waals surface area contributed by atoms with E-state index in [1.54, 1.807) is 29.5 Å². The van der Waals surface area contributed by atoms with E-state index in [4.69, 9.17) is 11.6 Å². The van der Waals surface area contributed by atoms with Gasteiger partial charge in [0.2, 0.25) is 0 Å². The van der Waals surface area contributed by atoms with E-state index < -0.39 is 0 Å². The number of aromatic nitrogens is 2. The van der Waals surface area contributed by atoms with Crippen molar-refractivity contribution < 1.29 is 0 Å². The number of hydrogen-bond acceptors (Lipinski definition) is 5. The molecule has 3 aromatic heterocycles. The maximum atomic E-state index is 12.5. The summed E-state index contributed by atoms with van der Waals surface area (Å²) in [5, 5.41) is 5.44. The van der Waals surface area contributed by atoms with Crippen LogP contribution in [0, 0.1) is 0 Å². The van der Waals surface area contributed by atoms with Gasteiger partial charge in [-0.2, -0.15) is 0 Å². The van der Waals surface area contributed by atoms with Crippen LogP contribution < -0.4 is 5.56 Å². The number of fused-ring (bicyclic) bond motifs is 2. The number of rotatable bonds is 3. The molecule has 1 atom stereocenters. The van der Waals surface area contributed by atoms with Gasteiger partial charge in [0, 0.05) is 21.3 Å². The molecule has 4 heterocycles. The molecule has 1 aliphatic heterocycles. The maximum absolute atomic E-state index is 12.5. The molecule has 1 N–H and O–H groups in total. The first kappa shape index (κ1) is 17.1. The molecule has 5 rings (SSSR count). The van der Waals surface area contributed by atoms with E-state index in [-0.39, 0.29) is 11.6 Å². The predicted molar refractivity (Wildman–Crippen MR) is 112 cm³/mol. The lowest BCUT2D eigenvalue weighted by molar-refractivity contribution is 0.204. The van der Waals surface area contributed by atoms with Crippen LogP contribution in [0.1, 0.15) is 27.2 Å². The summed E-state index contributed by atoms with van der Waals surface area (Å²) in [4.78, 5) is 25.3. The number of nitrogens with one attached hydrogen (secondary N) is 1. The SMILES string of the molecule is O=c1[nH]c(CN2CCc3sccc3C2c2cccs2)nc2cc(Cl)ccc12. The Morgan fingerprint density at radius 2 is 2.15 bits per heavy atom. The van der Waals surface area contributed by atoms with E-state index in [9.17, 15) is 4.79 Å². The standard InChI is InChI=1S/C20H16ClN3OS2/c21-12-3-4-13-15(10-12)22-18(23-20(13)25)11-24-7-5-16-14(6-9-27-16)19(24)17-2-1-8-26-17/h1-4,6,8-10,19H,5,7,11H2,(H,22,23,25). The Hall–Kier alpha value is -1.99. The van der Waals surface area contributed by atoms with E-state index >= 15 is 0 Å². The van der Waals surface area contributed by atoms with Gasteiger partial charge in [-0.25, -0.2) is 4.98 Å². The summed E-state index contributed by atoms with van der Waals surface area (Å²) >= 11 is 9.69. The van der Waals surface area contributed by atoms with Crippen LogP contribution in [0.3, 0.4) is 0 Å². The molecular formula is C20H16ClN3OS2. The second-order valence-electron chi connectivity index (χ2n) is 6.61. The zero-order valence-electron chi connectivity index (χ0n) is 14.3. The first-order valence-electron chi connectivity index (χ1n) is 8.71. The fourth-order valence-corrected chi connectivity index (χ4v) is 5.69. The van der Waals surface area contributed by atoms with Crippen LogP contribution >= 0.6 is 34.3 Å². The van der Waals surface area contributed by atoms with Crippen molar-refractivity contribution in [1.29, 1.82) is 0 Å². The van der Waals surface area contributed by atoms with Crippen molar-refractivity contribution in [2.45, 2.75) is 19.0 Å². The summed E-state index contributed by atoms with van der Waals surface area (Å²) in [5.41, 5.74) is 1.90. The van der Waals surface area contributed by atoms with Crippen LogP contribution in [0.2, 0.25) is 5.02 Å². The minimum atomic E-state index is -0.118. The molecule has 0 aliphatic carbocycles. The van der Waals surface area contributed by atoms with Gasteiger partial charge >= 0.3 is 0 Å². The minimum absolute atomic E-state index is 0.118. The van der Waals surface area contributed by atoms with Gasteiger partial charge < -0.3 is 4.98 Å². The highest BCUT2D eigenvalue weighted by Crippen LogP contribution is 2.39. The second-order valence-corrected chi connectivity index (χ2v) is 9.03. The molecule has 27 heavy (non-hydrogen) atoms. The van der Waals surface area contributed by atoms with Crippen molar-refractivity contribution in [3.63, 3.8) is 0 Å². The summed E-state index contributed by atoms with van der Waals surface area (Å²) in [6, 6.07) is 11.9. The van der Waals surface area contributed by atoms with Gasteiger partial charge in [0.1, 0.15) is 5.82 Å². The number of benzene rings is 1. The predicted octanol–water partition coefficient (Wildman–Crippen LogP) is 4.85. The molecule has 0 fully saturated rings. The van der Waals surface area contributed by atoms with Crippen LogP contribution in [0.25, 0.3) is 10.9 Å². The molecule has 0 bridgehead atoms. The van der Waals surface area contributed by atoms with E-state index in [0.717, 1.165) is 13.0 Å². The molecule has 0 saturated carbocycles. The average Bonchev–Trinajstić information content (AvgIpc) is 3.33. The third-order valence-electron chi connectivity index (χ3n) is 4.95. The first-order chi connectivity index (χ1) is 13.2. The zero-order valence-corrected chi connectivity index (χ0v) is 16.7. The quantitative estimate of drug-likeness (QED) is 0.522. The largest absolute Gasteiger partial charge is 0.309 e. The summed E-state index contributed by atoms with van der Waals surface area (Å²) in [5.74, 6) is 0.676. The molecule has 0 spiro atoms. The van der Waals surface area contributed by atoms with Gasteiger partial charge in [0.25, 0.3) is 5.56 Å². The third kappa shape index (κ3) is 3.12. The Morgan fingerprint density at radius 1 is 1.22 bits per heavy atom. The molecule has 0 saturated heterocycles. The van der Waals surface area contributed by atoms with E-state index in [0.29, 0.717) is 28.3 Å². The van der Waals surface area contributed by atoms with Gasteiger partial charge in [-0.15, -0.1) is 22.7 Å². The molecule has 4 nitrogen and oxygen atoms in total. The van der Waals surface area contributed by atoms with Gasteiger partial charge in [-0.1, -0.05) is 17.7 Å². The molecule has 1 aliphatic rings. The van der Waals surface area contributed by atoms with Crippen LogP contribution in [-0.2, 0) is 13.0 Å². The Balaban J connectivity index is 1.55. The fourth-order valence-electron chi connectivity index (χ4n) is 3.75. The number of halogens is 1. The summed E-state index contributed by atoms with van der Waals surface area (Å²) in [7, 11) is 0. The van der Waals surface area contributed by atoms with Crippen LogP contribution in [0.15, 0.2) is 52.0 Å². The Kier molecular flexibility index (Phi) is 4.36. The summed E-state index contributed by atoms with van der Waals surface area (Å²) in [6.07, 6.45) is 1.03. The molecule has 4 aromatic rings. The first-order valence-corrected chi connectivity index (χ1v) is 10.8. The van der Waals surface area contributed by atoms with Crippen LogP contribution in [0.4, 0.5) is 0 Å². The zero-order chi connectivity index (χ0) is 18.4. The molecule has 7 heteroatoms. The summed E-state index contributed by atoms with van der Waals surface area (Å²) < 4.78 is 0. The van der Waals surface area contributed by atoms with E-state index in [1.165, 1.54) is 15.3 Å². The lowest BCUT2D eigenvalue weighted by atomic mass is 9.98. The third-order valence-corrected chi connectivity index (χ3v) is 7.11. The normalized spacial score (nSPS) is 17.3. The van der Waals surface area contributed by atoms with Crippen molar-refractivity contribution in [3.05, 3.63) is 83.7 Å². The molecule has 1 unspecified atom stereocenters. The minimum Gasteiger partial charge on any atom is -0.309 e. The van der Waals surface area contributed by atoms with Crippen LogP contribution in [0.5, 0.6) is 0 Å². The Labute approximate surface area is 169 Å². The van der Waals surface area contributed by atoms with Crippen molar-refractivity contribution in [2.75, 3.05) is 6.54 Å². The topological polar surface area (TPSA) is 49.0 Å². The number of aromatic amines is 1. The average molecular weight is 414 g/mol. The van der Waals surface area contributed by atoms with Crippen LogP contribution in [-0.4, -0.2) is 21.4 Å². The molecule has 1 aromatic carbocycles. The highest BCUT2D eigenvalue weighted by molar-refractivity contribution is 7.10. The second kappa shape index (κ2) is 6.87. The molecule has 136 valence electrons. The van der Waals surface area contributed by atoms with Crippen molar-refractivity contribution in [1.82, 2.24) is 14.9 Å². The van der Waals surface area contributed by atoms with Gasteiger partial charge in [-0.05, 0) is 53.1 Å². The van der Waals surface area contributed by atoms with E-state index in [1.807, 2.05) is 11.3 Å². The lowest BCUT2D eigenvalue weighted by Gasteiger charge is -2.35. The highest BCUT2D eigenvalue weighted by Gasteiger charge is 2.30. The lowest BCUT2D eigenvalue weighted by Crippen LogP contribution is -2.35. The van der Waals surface area contributed by atoms with Crippen molar-refractivity contribution in [2.24, 2.45) is 0 Å². The van der Waals surface area contributed by atoms with E-state index in [2.05, 4.69) is 43.8 Å². The Bertz CT molecular complexity index is 1170. The smallest absolute Gasteiger partial charge is 0.258 e. The number of H-pyrrole nitrogens is 1. The molecule has 0 amide bonds. The Morgan fingerprint density at radius 3 is 3.00 bits per heavy atom. The van der Waals surface area contributed by atoms with Crippen molar-refractivity contribution in [3.8, 4) is 0 Å². The number of hydrogen-bond donors (Lipinski definition) is 1. The summed E-state index contributed by atoms with van der Waals surface area (Å²) in [6.45, 7) is 1.53. The van der Waals surface area contributed by atoms with Crippen molar-refractivity contribution >= 4 is 45.2 Å². The van der Waals surface area contributed by atoms with Gasteiger partial charge in [0.15, 0.2) is 0 Å². The molecule has 0 radical (unpaired) electrons. The maximum Gasteiger partial charge on any atom is 0.258 e. The monoisotopic (exact) mass is 413 g/mol.